The van der Waals surface area contributed by atoms with E-state index >= 15 is 0 Å². The molecular formula is C21H21N3O3. The number of nitrogens with one attached hydrogen (secondary N) is 2. The Balaban J connectivity index is 1.77. The second kappa shape index (κ2) is 7.86. The number of anilines is 2. The Kier molecular flexibility index (Phi) is 5.35. The lowest BCUT2D eigenvalue weighted by Gasteiger charge is -2.08. The van der Waals surface area contributed by atoms with Gasteiger partial charge in [0.1, 0.15) is 5.76 Å². The molecule has 0 radical (unpaired) electrons. The number of nitrogens with zero attached hydrogens (tertiary/aromatic N) is 1. The summed E-state index contributed by atoms with van der Waals surface area (Å²) in [4.78, 5) is 28.5. The highest BCUT2D eigenvalue weighted by Crippen LogP contribution is 2.24. The Morgan fingerprint density at radius 2 is 1.70 bits per heavy atom. The minimum atomic E-state index is -0.264. The Bertz CT molecular complexity index is 972. The first-order valence-corrected chi connectivity index (χ1v) is 8.72. The van der Waals surface area contributed by atoms with E-state index in [0.29, 0.717) is 29.2 Å². The van der Waals surface area contributed by atoms with Crippen molar-refractivity contribution in [1.29, 1.82) is 0 Å². The van der Waals surface area contributed by atoms with Crippen LogP contribution in [0.5, 0.6) is 0 Å². The van der Waals surface area contributed by atoms with Gasteiger partial charge in [0.15, 0.2) is 0 Å². The molecule has 0 aliphatic heterocycles. The summed E-state index contributed by atoms with van der Waals surface area (Å²) in [5, 5.41) is 5.61. The number of hydrogen-bond donors (Lipinski definition) is 2. The van der Waals surface area contributed by atoms with Crippen LogP contribution in [0.1, 0.15) is 35.2 Å². The number of carbonyl (C=O) groups excluding carboxylic acids is 2. The lowest BCUT2D eigenvalue weighted by Crippen LogP contribution is -2.13. The number of amides is 2. The maximum Gasteiger partial charge on any atom is 0.255 e. The molecule has 0 atom stereocenters. The fraction of sp³-hybridized carbons (Fsp3) is 0.190. The quantitative estimate of drug-likeness (QED) is 0.696. The molecule has 6 nitrogen and oxygen atoms in total. The van der Waals surface area contributed by atoms with Crippen LogP contribution in [0.2, 0.25) is 0 Å². The fourth-order valence-electron chi connectivity index (χ4n) is 2.52. The molecule has 2 N–H and O–H groups in total. The molecule has 3 rings (SSSR count). The number of rotatable bonds is 5. The summed E-state index contributed by atoms with van der Waals surface area (Å²) in [5.41, 5.74) is 3.30. The van der Waals surface area contributed by atoms with E-state index < -0.39 is 0 Å². The predicted octanol–water partition coefficient (Wildman–Crippen LogP) is 4.56. The van der Waals surface area contributed by atoms with E-state index in [9.17, 15) is 9.59 Å². The average Bonchev–Trinajstić information content (AvgIpc) is 3.01. The van der Waals surface area contributed by atoms with E-state index in [1.807, 2.05) is 32.0 Å². The molecule has 0 saturated carbocycles. The van der Waals surface area contributed by atoms with Crippen molar-refractivity contribution < 1.29 is 14.0 Å². The molecule has 0 spiro atoms. The molecule has 0 unspecified atom stereocenters. The molecule has 27 heavy (non-hydrogen) atoms. The van der Waals surface area contributed by atoms with Crippen LogP contribution < -0.4 is 10.6 Å². The molecule has 138 valence electrons. The van der Waals surface area contributed by atoms with Crippen molar-refractivity contribution >= 4 is 23.2 Å². The van der Waals surface area contributed by atoms with E-state index in [-0.39, 0.29) is 11.8 Å². The first-order chi connectivity index (χ1) is 13.0. The van der Waals surface area contributed by atoms with Crippen LogP contribution in [0, 0.1) is 13.8 Å². The Morgan fingerprint density at radius 3 is 2.37 bits per heavy atom. The van der Waals surface area contributed by atoms with Gasteiger partial charge in [0.05, 0.1) is 5.69 Å². The first kappa shape index (κ1) is 18.4. The Hall–Kier alpha value is -3.41. The van der Waals surface area contributed by atoms with Gasteiger partial charge in [-0.3, -0.25) is 9.59 Å². The van der Waals surface area contributed by atoms with Crippen LogP contribution >= 0.6 is 0 Å². The van der Waals surface area contributed by atoms with Gasteiger partial charge >= 0.3 is 0 Å². The van der Waals surface area contributed by atoms with E-state index in [1.165, 1.54) is 0 Å². The van der Waals surface area contributed by atoms with Crippen molar-refractivity contribution in [3.63, 3.8) is 0 Å². The monoisotopic (exact) mass is 363 g/mol. The van der Waals surface area contributed by atoms with Gasteiger partial charge in [-0.15, -0.1) is 0 Å². The second-order valence-corrected chi connectivity index (χ2v) is 6.18. The van der Waals surface area contributed by atoms with Gasteiger partial charge in [0.2, 0.25) is 11.8 Å². The van der Waals surface area contributed by atoms with Crippen LogP contribution in [0.15, 0.2) is 52.9 Å². The van der Waals surface area contributed by atoms with Crippen LogP contribution in [0.25, 0.3) is 11.5 Å². The largest absolute Gasteiger partial charge is 0.441 e. The summed E-state index contributed by atoms with van der Waals surface area (Å²) in [6, 6.07) is 14.1. The van der Waals surface area contributed by atoms with Gasteiger partial charge in [-0.05, 0) is 50.2 Å². The molecule has 0 aliphatic rings. The molecule has 0 saturated heterocycles. The molecule has 3 aromatic rings. The van der Waals surface area contributed by atoms with Gasteiger partial charge in [-0.1, -0.05) is 19.1 Å². The maximum absolute atomic E-state index is 12.6. The standard InChI is InChI=1S/C21H21N3O3/c1-4-19(25)23-17-9-5-7-15(11-17)20(26)24-18-10-6-8-16(12-18)21-22-13(2)14(3)27-21/h5-12H,4H2,1-3H3,(H,23,25)(H,24,26). The third kappa shape index (κ3) is 4.41. The molecule has 2 amide bonds. The summed E-state index contributed by atoms with van der Waals surface area (Å²) >= 11 is 0. The highest BCUT2D eigenvalue weighted by atomic mass is 16.4. The third-order valence-electron chi connectivity index (χ3n) is 4.13. The van der Waals surface area contributed by atoms with Crippen molar-refractivity contribution in [2.45, 2.75) is 27.2 Å². The Morgan fingerprint density at radius 1 is 1.00 bits per heavy atom. The van der Waals surface area contributed by atoms with Crippen LogP contribution in [-0.4, -0.2) is 16.8 Å². The highest BCUT2D eigenvalue weighted by Gasteiger charge is 2.11. The number of aromatic nitrogens is 1. The van der Waals surface area contributed by atoms with E-state index in [4.69, 9.17) is 4.42 Å². The molecule has 1 heterocycles. The molecule has 1 aromatic heterocycles. The van der Waals surface area contributed by atoms with Gasteiger partial charge in [0, 0.05) is 28.9 Å². The second-order valence-electron chi connectivity index (χ2n) is 6.18. The SMILES string of the molecule is CCC(=O)Nc1cccc(C(=O)Nc2cccc(-c3nc(C)c(C)o3)c2)c1. The van der Waals surface area contributed by atoms with Crippen LogP contribution in [0.4, 0.5) is 11.4 Å². The smallest absolute Gasteiger partial charge is 0.255 e. The predicted molar refractivity (Wildman–Crippen MR) is 105 cm³/mol. The zero-order chi connectivity index (χ0) is 19.4. The van der Waals surface area contributed by atoms with Crippen molar-refractivity contribution in [3.05, 3.63) is 65.5 Å². The topological polar surface area (TPSA) is 84.2 Å². The number of carbonyl (C=O) groups is 2. The first-order valence-electron chi connectivity index (χ1n) is 8.72. The van der Waals surface area contributed by atoms with E-state index in [0.717, 1.165) is 17.0 Å². The van der Waals surface area contributed by atoms with Crippen molar-refractivity contribution in [3.8, 4) is 11.5 Å². The summed E-state index contributed by atoms with van der Waals surface area (Å²) in [6.45, 7) is 5.52. The minimum Gasteiger partial charge on any atom is -0.441 e. The number of hydrogen-bond acceptors (Lipinski definition) is 4. The lowest BCUT2D eigenvalue weighted by atomic mass is 10.1. The minimum absolute atomic E-state index is 0.100. The summed E-state index contributed by atoms with van der Waals surface area (Å²) in [7, 11) is 0. The Labute approximate surface area is 157 Å². The van der Waals surface area contributed by atoms with Crippen molar-refractivity contribution in [2.24, 2.45) is 0 Å². The molecule has 2 aromatic carbocycles. The van der Waals surface area contributed by atoms with Crippen molar-refractivity contribution in [1.82, 2.24) is 4.98 Å². The summed E-state index contributed by atoms with van der Waals surface area (Å²) in [6.07, 6.45) is 0.378. The van der Waals surface area contributed by atoms with Gasteiger partial charge in [0.25, 0.3) is 5.91 Å². The number of benzene rings is 2. The number of oxazole rings is 1. The number of aryl methyl sites for hydroxylation is 2. The van der Waals surface area contributed by atoms with Gasteiger partial charge < -0.3 is 15.1 Å². The molecule has 0 bridgehead atoms. The highest BCUT2D eigenvalue weighted by molar-refractivity contribution is 6.05. The van der Waals surface area contributed by atoms with Crippen LogP contribution in [-0.2, 0) is 4.79 Å². The zero-order valence-electron chi connectivity index (χ0n) is 15.5. The zero-order valence-corrected chi connectivity index (χ0v) is 15.5. The third-order valence-corrected chi connectivity index (χ3v) is 4.13. The fourth-order valence-corrected chi connectivity index (χ4v) is 2.52. The van der Waals surface area contributed by atoms with Crippen molar-refractivity contribution in [2.75, 3.05) is 10.6 Å². The van der Waals surface area contributed by atoms with Gasteiger partial charge in [-0.25, -0.2) is 4.98 Å². The van der Waals surface area contributed by atoms with E-state index in [2.05, 4.69) is 15.6 Å². The van der Waals surface area contributed by atoms with E-state index in [1.54, 1.807) is 37.3 Å². The van der Waals surface area contributed by atoms with Crippen LogP contribution in [0.3, 0.4) is 0 Å². The molecule has 6 heteroatoms. The maximum atomic E-state index is 12.6. The molecular weight excluding hydrogens is 342 g/mol. The average molecular weight is 363 g/mol. The molecule has 0 aliphatic carbocycles. The normalized spacial score (nSPS) is 10.5. The van der Waals surface area contributed by atoms with Gasteiger partial charge in [-0.2, -0.15) is 0 Å². The lowest BCUT2D eigenvalue weighted by molar-refractivity contribution is -0.115. The molecule has 0 fully saturated rings. The summed E-state index contributed by atoms with van der Waals surface area (Å²) in [5.74, 6) is 0.923. The summed E-state index contributed by atoms with van der Waals surface area (Å²) < 4.78 is 5.64.